The smallest absolute Gasteiger partial charge is 0.254 e. The number of nitrogens with zero attached hydrogens (tertiary/aromatic N) is 1. The van der Waals surface area contributed by atoms with E-state index in [4.69, 9.17) is 4.74 Å². The molecule has 40 heavy (non-hydrogen) atoms. The Morgan fingerprint density at radius 1 is 1.18 bits per heavy atom. The van der Waals surface area contributed by atoms with Crippen molar-refractivity contribution in [3.05, 3.63) is 35.5 Å². The van der Waals surface area contributed by atoms with E-state index in [1.165, 1.54) is 11.1 Å². The predicted octanol–water partition coefficient (Wildman–Crippen LogP) is 4.03. The average Bonchev–Trinajstić information content (AvgIpc) is 3.28. The van der Waals surface area contributed by atoms with Crippen molar-refractivity contribution < 1.29 is 19.1 Å². The lowest BCUT2D eigenvalue weighted by molar-refractivity contribution is -0.157. The molecule has 3 atom stereocenters. The van der Waals surface area contributed by atoms with Crippen LogP contribution in [0.2, 0.25) is 0 Å². The Bertz CT molecular complexity index is 968. The van der Waals surface area contributed by atoms with Crippen LogP contribution in [-0.2, 0) is 19.1 Å². The highest BCUT2D eigenvalue weighted by Gasteiger charge is 2.42. The van der Waals surface area contributed by atoms with E-state index in [0.29, 0.717) is 38.5 Å². The Balaban J connectivity index is 1.67. The summed E-state index contributed by atoms with van der Waals surface area (Å²) < 4.78 is 5.68. The zero-order valence-electron chi connectivity index (χ0n) is 25.4. The van der Waals surface area contributed by atoms with E-state index in [0.717, 1.165) is 51.6 Å². The molecule has 0 aromatic heterocycles. The highest BCUT2D eigenvalue weighted by atomic mass is 16.5. The van der Waals surface area contributed by atoms with Gasteiger partial charge in [0.25, 0.3) is 5.91 Å². The molecule has 1 fully saturated rings. The van der Waals surface area contributed by atoms with Crippen molar-refractivity contribution in [2.24, 2.45) is 11.8 Å². The largest absolute Gasteiger partial charge is 0.366 e. The van der Waals surface area contributed by atoms with Crippen LogP contribution in [0.15, 0.2) is 35.5 Å². The Morgan fingerprint density at radius 2 is 1.98 bits per heavy atom. The maximum absolute atomic E-state index is 13.6. The van der Waals surface area contributed by atoms with Gasteiger partial charge in [0, 0.05) is 19.7 Å². The number of nitrogens with one attached hydrogen (secondary N) is 3. The van der Waals surface area contributed by atoms with Gasteiger partial charge in [-0.15, -0.1) is 0 Å². The first-order chi connectivity index (χ1) is 19.1. The second-order valence-corrected chi connectivity index (χ2v) is 12.3. The fourth-order valence-corrected chi connectivity index (χ4v) is 5.84. The molecule has 0 aromatic carbocycles. The predicted molar refractivity (Wildman–Crippen MR) is 160 cm³/mol. The summed E-state index contributed by atoms with van der Waals surface area (Å²) in [5, 5.41) is 9.52. The molecule has 2 unspecified atom stereocenters. The molecule has 1 heterocycles. The molecule has 0 radical (unpaired) electrons. The van der Waals surface area contributed by atoms with Crippen molar-refractivity contribution in [3.8, 4) is 0 Å². The van der Waals surface area contributed by atoms with Crippen LogP contribution in [0.4, 0.5) is 0 Å². The zero-order chi connectivity index (χ0) is 29.1. The summed E-state index contributed by atoms with van der Waals surface area (Å²) in [7, 11) is 0. The van der Waals surface area contributed by atoms with Gasteiger partial charge in [-0.3, -0.25) is 14.4 Å². The zero-order valence-corrected chi connectivity index (χ0v) is 25.4. The summed E-state index contributed by atoms with van der Waals surface area (Å²) in [4.78, 5) is 41.9. The van der Waals surface area contributed by atoms with Crippen molar-refractivity contribution in [2.45, 2.75) is 104 Å². The van der Waals surface area contributed by atoms with Crippen LogP contribution < -0.4 is 16.0 Å². The number of ether oxygens (including phenoxy) is 1. The molecular formula is C32H52N4O4. The first-order valence-electron chi connectivity index (χ1n) is 15.4. The standard InChI is InChI=1S/C32H52N4O4/c1-6-40-32(4,5)31(39)36-19-10-14-28(36)30(38)35-27(29(37)34-18-11-17-33-22-23(2)3)21-24-15-16-25-12-8-7-9-13-26(25)20-24/h8,12,16,20,23-24,27-28,33H,6-7,9-11,13-15,17-19,21-22H2,1-5H3,(H,34,37)(H,35,38)/t24?,27-,28?/m1/s1. The molecule has 3 N–H and O–H groups in total. The van der Waals surface area contributed by atoms with Gasteiger partial charge in [0.05, 0.1) is 0 Å². The minimum Gasteiger partial charge on any atom is -0.366 e. The molecule has 0 aromatic rings. The van der Waals surface area contributed by atoms with E-state index in [9.17, 15) is 14.4 Å². The van der Waals surface area contributed by atoms with Crippen LogP contribution in [0.1, 0.15) is 86.0 Å². The van der Waals surface area contributed by atoms with E-state index in [1.807, 2.05) is 6.92 Å². The van der Waals surface area contributed by atoms with Crippen molar-refractivity contribution >= 4 is 17.7 Å². The van der Waals surface area contributed by atoms with Crippen LogP contribution in [0.5, 0.6) is 0 Å². The third kappa shape index (κ3) is 9.30. The summed E-state index contributed by atoms with van der Waals surface area (Å²) >= 11 is 0. The lowest BCUT2D eigenvalue weighted by atomic mass is 9.85. The van der Waals surface area contributed by atoms with E-state index in [-0.39, 0.29) is 23.6 Å². The number of fused-ring (bicyclic) bond motifs is 1. The molecule has 3 rings (SSSR count). The second kappa shape index (κ2) is 15.5. The second-order valence-electron chi connectivity index (χ2n) is 12.3. The maximum atomic E-state index is 13.6. The van der Waals surface area contributed by atoms with Crippen LogP contribution in [0.3, 0.4) is 0 Å². The Kier molecular flexibility index (Phi) is 12.4. The van der Waals surface area contributed by atoms with Crippen LogP contribution in [0.25, 0.3) is 0 Å². The molecule has 8 nitrogen and oxygen atoms in total. The quantitative estimate of drug-likeness (QED) is 0.281. The molecule has 3 aliphatic rings. The summed E-state index contributed by atoms with van der Waals surface area (Å²) in [5.74, 6) is 0.161. The molecular weight excluding hydrogens is 504 g/mol. The maximum Gasteiger partial charge on any atom is 0.254 e. The number of hydrogen-bond acceptors (Lipinski definition) is 5. The molecule has 1 aliphatic heterocycles. The third-order valence-electron chi connectivity index (χ3n) is 7.95. The summed E-state index contributed by atoms with van der Waals surface area (Å²) in [5.41, 5.74) is 1.64. The monoisotopic (exact) mass is 556 g/mol. The van der Waals surface area contributed by atoms with Crippen molar-refractivity contribution in [1.82, 2.24) is 20.9 Å². The number of likely N-dealkylation sites (tertiary alicyclic amines) is 1. The number of amides is 3. The van der Waals surface area contributed by atoms with Crippen LogP contribution in [0, 0.1) is 11.8 Å². The van der Waals surface area contributed by atoms with Gasteiger partial charge in [0.1, 0.15) is 17.7 Å². The van der Waals surface area contributed by atoms with E-state index in [1.54, 1.807) is 18.7 Å². The molecule has 2 aliphatic carbocycles. The minimum atomic E-state index is -0.997. The lowest BCUT2D eigenvalue weighted by Gasteiger charge is -2.33. The molecule has 1 saturated heterocycles. The number of hydrogen-bond donors (Lipinski definition) is 3. The van der Waals surface area contributed by atoms with Crippen LogP contribution in [-0.4, -0.2) is 73.1 Å². The highest BCUT2D eigenvalue weighted by Crippen LogP contribution is 2.32. The van der Waals surface area contributed by atoms with Gasteiger partial charge in [0.15, 0.2) is 0 Å². The van der Waals surface area contributed by atoms with Crippen LogP contribution >= 0.6 is 0 Å². The summed E-state index contributed by atoms with van der Waals surface area (Å²) in [6.07, 6.45) is 15.8. The molecule has 0 bridgehead atoms. The van der Waals surface area contributed by atoms with Gasteiger partial charge in [-0.05, 0) is 108 Å². The number of carbonyl (C=O) groups excluding carboxylic acids is 3. The molecule has 0 saturated carbocycles. The van der Waals surface area contributed by atoms with Gasteiger partial charge in [-0.1, -0.05) is 38.2 Å². The average molecular weight is 557 g/mol. The van der Waals surface area contributed by atoms with Gasteiger partial charge >= 0.3 is 0 Å². The molecule has 224 valence electrons. The molecule has 0 spiro atoms. The normalized spacial score (nSPS) is 21.8. The fourth-order valence-electron chi connectivity index (χ4n) is 5.84. The lowest BCUT2D eigenvalue weighted by Crippen LogP contribution is -2.56. The van der Waals surface area contributed by atoms with E-state index >= 15 is 0 Å². The van der Waals surface area contributed by atoms with Gasteiger partial charge < -0.3 is 25.6 Å². The molecule has 3 amide bonds. The topological polar surface area (TPSA) is 99.8 Å². The summed E-state index contributed by atoms with van der Waals surface area (Å²) in [6.45, 7) is 13.0. The Morgan fingerprint density at radius 3 is 2.73 bits per heavy atom. The van der Waals surface area contributed by atoms with Crippen molar-refractivity contribution in [2.75, 3.05) is 32.8 Å². The van der Waals surface area contributed by atoms with E-state index < -0.39 is 17.7 Å². The van der Waals surface area contributed by atoms with Gasteiger partial charge in [-0.25, -0.2) is 0 Å². The SMILES string of the molecule is CCOC(C)(C)C(=O)N1CCCC1C(=O)N[C@H](CC1C=C2CCCC=CC2=CC1)C(=O)NCCCNCC(C)C. The number of allylic oxidation sites excluding steroid dienone is 6. The van der Waals surface area contributed by atoms with Crippen molar-refractivity contribution in [1.29, 1.82) is 0 Å². The van der Waals surface area contributed by atoms with Gasteiger partial charge in [-0.2, -0.15) is 0 Å². The fraction of sp³-hybridized carbons (Fsp3) is 0.719. The number of carbonyl (C=O) groups is 3. The summed E-state index contributed by atoms with van der Waals surface area (Å²) in [6, 6.07) is -1.25. The number of rotatable bonds is 14. The highest BCUT2D eigenvalue weighted by molar-refractivity contribution is 5.94. The first-order valence-corrected chi connectivity index (χ1v) is 15.4. The van der Waals surface area contributed by atoms with Crippen molar-refractivity contribution in [3.63, 3.8) is 0 Å². The first kappa shape index (κ1) is 32.1. The molecule has 8 heteroatoms. The third-order valence-corrected chi connectivity index (χ3v) is 7.95. The Labute approximate surface area is 241 Å². The van der Waals surface area contributed by atoms with Gasteiger partial charge in [0.2, 0.25) is 11.8 Å². The van der Waals surface area contributed by atoms with E-state index in [2.05, 4.69) is 54.1 Å². The Hall–Kier alpha value is -2.45. The minimum absolute atomic E-state index is 0.156.